The molecule has 1 aromatic carbocycles. The first kappa shape index (κ1) is 54.4. The maximum absolute atomic E-state index is 13.9. The van der Waals surface area contributed by atoms with Gasteiger partial charge in [-0.3, -0.25) is 56.9 Å². The molecule has 360 valence electrons. The number of carbonyl (C=O) groups excluding carboxylic acids is 11. The molecule has 0 aromatic heterocycles. The SMILES string of the molecule is CC[C@H](C)[C@@H]1NC(=O)[C@@H](Cc2ccc(O)cc2)NC(=O)CCS(=O)CC[C@@H](C(=O)N(C)CC(=O)N[C@@H](CN)C(=O)NCC(N)=O)NC(=O)[C@H](CC(N)=O)NC(=O)[C@H](CCC(N)=O)NC1=O. The quantitative estimate of drug-likeness (QED) is 0.0692. The van der Waals surface area contributed by atoms with Crippen LogP contribution in [0.2, 0.25) is 0 Å². The Morgan fingerprint density at radius 1 is 0.831 bits per heavy atom. The lowest BCUT2D eigenvalue weighted by molar-refractivity contribution is -0.140. The molecule has 1 aromatic rings. The monoisotopic (exact) mass is 936 g/mol. The van der Waals surface area contributed by atoms with Crippen LogP contribution in [0.15, 0.2) is 24.3 Å². The van der Waals surface area contributed by atoms with E-state index >= 15 is 0 Å². The van der Waals surface area contributed by atoms with Gasteiger partial charge in [0.15, 0.2) is 0 Å². The molecular formula is C39H60N12O13S. The van der Waals surface area contributed by atoms with E-state index in [-0.39, 0.29) is 23.7 Å². The van der Waals surface area contributed by atoms with Gasteiger partial charge in [0, 0.05) is 55.2 Å². The Morgan fingerprint density at radius 3 is 2.03 bits per heavy atom. The molecule has 1 unspecified atom stereocenters. The van der Waals surface area contributed by atoms with Crippen molar-refractivity contribution in [3.63, 3.8) is 0 Å². The highest BCUT2D eigenvalue weighted by molar-refractivity contribution is 7.85. The summed E-state index contributed by atoms with van der Waals surface area (Å²) in [5.74, 6) is -11.5. The normalized spacial score (nSPS) is 22.5. The largest absolute Gasteiger partial charge is 0.508 e. The van der Waals surface area contributed by atoms with Crippen LogP contribution in [0, 0.1) is 5.92 Å². The molecule has 26 heteroatoms. The second-order valence-corrected chi connectivity index (χ2v) is 17.0. The number of primary amides is 3. The van der Waals surface area contributed by atoms with Crippen LogP contribution < -0.4 is 60.2 Å². The second-order valence-electron chi connectivity index (χ2n) is 15.3. The number of phenols is 1. The predicted octanol–water partition coefficient (Wildman–Crippen LogP) is -6.41. The van der Waals surface area contributed by atoms with E-state index < -0.39 is 170 Å². The standard InChI is InChI=1S/C39H60N12O13S/c1-4-20(2)33-38(62)47-23(9-10-28(41)53)35(59)49-26(16-29(42)54)36(60)48-24(39(63)51(3)19-32(57)46-27(17-40)34(58)44-18-30(43)55)11-13-65(64)14-12-31(56)45-25(37(61)50-33)15-21-5-7-22(52)8-6-21/h5-8,20,23-27,33,52H,4,9-19,40H2,1-3H3,(H2,41,53)(H2,42,54)(H2,43,55)(H,44,58)(H,45,56)(H,46,57)(H,47,62)(H,48,60)(H,49,59)(H,50,61)/t20-,23-,24-,25+,26-,27-,33-,65?/m0/s1. The van der Waals surface area contributed by atoms with Gasteiger partial charge in [0.1, 0.15) is 42.0 Å². The Morgan fingerprint density at radius 2 is 1.45 bits per heavy atom. The minimum atomic E-state index is -1.87. The molecule has 0 saturated carbocycles. The lowest BCUT2D eigenvalue weighted by atomic mass is 9.96. The zero-order valence-corrected chi connectivity index (χ0v) is 37.2. The van der Waals surface area contributed by atoms with E-state index in [1.165, 1.54) is 24.3 Å². The maximum atomic E-state index is 13.9. The number of nitrogens with zero attached hydrogens (tertiary/aromatic N) is 1. The summed E-state index contributed by atoms with van der Waals surface area (Å²) < 4.78 is 13.3. The number of likely N-dealkylation sites (N-methyl/N-ethyl adjacent to an activating group) is 1. The minimum absolute atomic E-state index is 0.0627. The van der Waals surface area contributed by atoms with Crippen molar-refractivity contribution in [1.82, 2.24) is 42.1 Å². The van der Waals surface area contributed by atoms with E-state index in [9.17, 15) is 62.1 Å². The van der Waals surface area contributed by atoms with E-state index in [4.69, 9.17) is 22.9 Å². The zero-order chi connectivity index (χ0) is 49.0. The number of rotatable bonds is 17. The average Bonchev–Trinajstić information content (AvgIpc) is 3.24. The Hall–Kier alpha value is -6.70. The first-order valence-electron chi connectivity index (χ1n) is 20.6. The third-order valence-corrected chi connectivity index (χ3v) is 11.4. The summed E-state index contributed by atoms with van der Waals surface area (Å²) in [5.41, 5.74) is 21.9. The third kappa shape index (κ3) is 19.3. The molecule has 11 amide bonds. The van der Waals surface area contributed by atoms with Gasteiger partial charge in [-0.05, 0) is 36.5 Å². The lowest BCUT2D eigenvalue weighted by Gasteiger charge is -2.29. The summed E-state index contributed by atoms with van der Waals surface area (Å²) in [5, 5.41) is 26.7. The van der Waals surface area contributed by atoms with E-state index in [2.05, 4.69) is 37.2 Å². The van der Waals surface area contributed by atoms with Crippen molar-refractivity contribution in [1.29, 1.82) is 0 Å². The Labute approximate surface area is 376 Å². The molecule has 8 atom stereocenters. The average molecular weight is 937 g/mol. The molecule has 0 spiro atoms. The van der Waals surface area contributed by atoms with Crippen LogP contribution in [-0.2, 0) is 70.0 Å². The molecule has 1 saturated heterocycles. The highest BCUT2D eigenvalue weighted by atomic mass is 32.2. The number of amides is 11. The highest BCUT2D eigenvalue weighted by Crippen LogP contribution is 2.14. The molecule has 0 aliphatic carbocycles. The molecule has 1 fully saturated rings. The first-order valence-corrected chi connectivity index (χ1v) is 22.0. The summed E-state index contributed by atoms with van der Waals surface area (Å²) >= 11 is 0. The van der Waals surface area contributed by atoms with Crippen molar-refractivity contribution in [2.75, 3.05) is 38.2 Å². The molecule has 16 N–H and O–H groups in total. The van der Waals surface area contributed by atoms with Crippen molar-refractivity contribution in [2.24, 2.45) is 28.9 Å². The van der Waals surface area contributed by atoms with Gasteiger partial charge in [-0.2, -0.15) is 0 Å². The van der Waals surface area contributed by atoms with Crippen LogP contribution in [0.4, 0.5) is 0 Å². The number of phenolic OH excluding ortho intramolecular Hbond substituents is 1. The molecular weight excluding hydrogens is 877 g/mol. The molecule has 25 nitrogen and oxygen atoms in total. The molecule has 1 aliphatic heterocycles. The van der Waals surface area contributed by atoms with Crippen LogP contribution in [0.5, 0.6) is 5.75 Å². The summed E-state index contributed by atoms with van der Waals surface area (Å²) in [7, 11) is -0.717. The van der Waals surface area contributed by atoms with Gasteiger partial charge in [-0.15, -0.1) is 0 Å². The number of nitrogens with two attached hydrogens (primary N) is 4. The van der Waals surface area contributed by atoms with Gasteiger partial charge < -0.3 is 70.2 Å². The van der Waals surface area contributed by atoms with Crippen LogP contribution >= 0.6 is 0 Å². The number of hydrogen-bond donors (Lipinski definition) is 12. The Bertz CT molecular complexity index is 1950. The van der Waals surface area contributed by atoms with Crippen LogP contribution in [0.25, 0.3) is 0 Å². The molecule has 2 rings (SSSR count). The van der Waals surface area contributed by atoms with E-state index in [0.29, 0.717) is 12.0 Å². The van der Waals surface area contributed by atoms with Crippen LogP contribution in [-0.4, -0.2) is 154 Å². The van der Waals surface area contributed by atoms with Gasteiger partial charge in [0.05, 0.1) is 19.5 Å². The summed E-state index contributed by atoms with van der Waals surface area (Å²) in [6.07, 6.45) is -2.31. The van der Waals surface area contributed by atoms with Crippen molar-refractivity contribution < 1.29 is 62.1 Å². The molecule has 1 heterocycles. The number of hydrogen-bond acceptors (Lipinski definition) is 14. The van der Waals surface area contributed by atoms with E-state index in [0.717, 1.165) is 11.9 Å². The van der Waals surface area contributed by atoms with Gasteiger partial charge in [-0.25, -0.2) is 0 Å². The van der Waals surface area contributed by atoms with Gasteiger partial charge >= 0.3 is 0 Å². The van der Waals surface area contributed by atoms with E-state index in [1.54, 1.807) is 13.8 Å². The van der Waals surface area contributed by atoms with Crippen molar-refractivity contribution in [3.05, 3.63) is 29.8 Å². The van der Waals surface area contributed by atoms with Crippen LogP contribution in [0.1, 0.15) is 57.9 Å². The minimum Gasteiger partial charge on any atom is -0.508 e. The lowest BCUT2D eigenvalue weighted by Crippen LogP contribution is -2.61. The van der Waals surface area contributed by atoms with Crippen molar-refractivity contribution >= 4 is 75.8 Å². The fraction of sp³-hybridized carbons (Fsp3) is 0.564. The Balaban J connectivity index is 2.58. The van der Waals surface area contributed by atoms with Gasteiger partial charge in [0.2, 0.25) is 65.0 Å². The smallest absolute Gasteiger partial charge is 0.245 e. The number of nitrogens with one attached hydrogen (secondary N) is 7. The third-order valence-electron chi connectivity index (χ3n) is 10.1. The number of benzene rings is 1. The zero-order valence-electron chi connectivity index (χ0n) is 36.3. The number of aromatic hydroxyl groups is 1. The summed E-state index contributed by atoms with van der Waals surface area (Å²) in [4.78, 5) is 144. The van der Waals surface area contributed by atoms with Gasteiger partial charge in [-0.1, -0.05) is 32.4 Å². The summed E-state index contributed by atoms with van der Waals surface area (Å²) in [6.45, 7) is 1.66. The Kier molecular flexibility index (Phi) is 22.5. The van der Waals surface area contributed by atoms with Crippen molar-refractivity contribution in [2.45, 2.75) is 95.0 Å². The van der Waals surface area contributed by atoms with Crippen molar-refractivity contribution in [3.8, 4) is 5.75 Å². The van der Waals surface area contributed by atoms with Gasteiger partial charge in [0.25, 0.3) is 0 Å². The fourth-order valence-corrected chi connectivity index (χ4v) is 7.33. The second kappa shape index (κ2) is 26.8. The fourth-order valence-electron chi connectivity index (χ4n) is 6.21. The summed E-state index contributed by atoms with van der Waals surface area (Å²) in [6, 6.07) is -3.28. The molecule has 1 aliphatic rings. The molecule has 0 radical (unpaired) electrons. The molecule has 0 bridgehead atoms. The number of carbonyl (C=O) groups is 11. The maximum Gasteiger partial charge on any atom is 0.245 e. The van der Waals surface area contributed by atoms with E-state index in [1.807, 2.05) is 0 Å². The topological polar surface area (TPSA) is 417 Å². The highest BCUT2D eigenvalue weighted by Gasteiger charge is 2.36. The molecule has 65 heavy (non-hydrogen) atoms. The predicted molar refractivity (Wildman–Crippen MR) is 231 cm³/mol. The first-order chi connectivity index (χ1) is 30.5. The van der Waals surface area contributed by atoms with Crippen LogP contribution in [0.3, 0.4) is 0 Å².